The van der Waals surface area contributed by atoms with Gasteiger partial charge in [-0.2, -0.15) is 4.40 Å². The lowest BCUT2D eigenvalue weighted by Crippen LogP contribution is -2.26. The summed E-state index contributed by atoms with van der Waals surface area (Å²) >= 11 is 0. The summed E-state index contributed by atoms with van der Waals surface area (Å²) in [5.74, 6) is -0.0263. The molecule has 3 aromatic rings. The molecule has 7 nitrogen and oxygen atoms in total. The molecule has 0 radical (unpaired) electrons. The Morgan fingerprint density at radius 2 is 1.88 bits per heavy atom. The van der Waals surface area contributed by atoms with Crippen LogP contribution in [0.3, 0.4) is 0 Å². The van der Waals surface area contributed by atoms with E-state index < -0.39 is 4.92 Å². The van der Waals surface area contributed by atoms with Crippen LogP contribution in [0.5, 0.6) is 0 Å². The van der Waals surface area contributed by atoms with Gasteiger partial charge in [0.2, 0.25) is 5.65 Å². The zero-order valence-corrected chi connectivity index (χ0v) is 13.1. The maximum Gasteiger partial charge on any atom is 0.352 e. The normalized spacial score (nSPS) is 11.2. The van der Waals surface area contributed by atoms with Crippen molar-refractivity contribution in [3.63, 3.8) is 0 Å². The van der Waals surface area contributed by atoms with Crippen molar-refractivity contribution < 1.29 is 10.0 Å². The van der Waals surface area contributed by atoms with Gasteiger partial charge in [-0.15, -0.1) is 0 Å². The van der Waals surface area contributed by atoms with Crippen molar-refractivity contribution in [1.82, 2.24) is 14.3 Å². The number of aliphatic hydroxyl groups excluding tert-OH is 1. The summed E-state index contributed by atoms with van der Waals surface area (Å²) in [6.07, 6.45) is 1.64. The Labute approximate surface area is 138 Å². The lowest BCUT2D eigenvalue weighted by atomic mass is 10.2. The molecule has 24 heavy (non-hydrogen) atoms. The van der Waals surface area contributed by atoms with Crippen LogP contribution in [-0.4, -0.2) is 37.5 Å². The monoisotopic (exact) mass is 326 g/mol. The fourth-order valence-corrected chi connectivity index (χ4v) is 2.74. The van der Waals surface area contributed by atoms with Crippen LogP contribution in [0.15, 0.2) is 54.7 Å². The van der Waals surface area contributed by atoms with Crippen LogP contribution in [0.1, 0.15) is 11.3 Å². The molecule has 0 saturated carbocycles. The third kappa shape index (κ3) is 3.42. The molecule has 0 saturated heterocycles. The van der Waals surface area contributed by atoms with Gasteiger partial charge in [-0.25, -0.2) is 4.98 Å². The van der Waals surface area contributed by atoms with Crippen molar-refractivity contribution in [1.29, 1.82) is 0 Å². The summed E-state index contributed by atoms with van der Waals surface area (Å²) < 4.78 is 1.48. The highest BCUT2D eigenvalue weighted by Crippen LogP contribution is 2.22. The van der Waals surface area contributed by atoms with E-state index in [1.165, 1.54) is 4.40 Å². The fourth-order valence-electron chi connectivity index (χ4n) is 2.74. The van der Waals surface area contributed by atoms with Crippen LogP contribution in [0.25, 0.3) is 5.65 Å². The Balaban J connectivity index is 1.90. The van der Waals surface area contributed by atoms with E-state index in [9.17, 15) is 15.2 Å². The predicted molar refractivity (Wildman–Crippen MR) is 89.5 cm³/mol. The van der Waals surface area contributed by atoms with Crippen LogP contribution < -0.4 is 0 Å². The molecule has 0 unspecified atom stereocenters. The number of hydrogen-bond donors (Lipinski definition) is 1. The second kappa shape index (κ2) is 7.20. The van der Waals surface area contributed by atoms with Gasteiger partial charge in [-0.3, -0.25) is 4.90 Å². The second-order valence-corrected chi connectivity index (χ2v) is 5.49. The molecule has 0 aliphatic rings. The lowest BCUT2D eigenvalue weighted by molar-refractivity contribution is -0.391. The van der Waals surface area contributed by atoms with Gasteiger partial charge in [0.1, 0.15) is 0 Å². The lowest BCUT2D eigenvalue weighted by Gasteiger charge is -2.20. The van der Waals surface area contributed by atoms with E-state index in [4.69, 9.17) is 0 Å². The molecule has 124 valence electrons. The van der Waals surface area contributed by atoms with Crippen molar-refractivity contribution in [2.75, 3.05) is 13.2 Å². The number of rotatable bonds is 7. The molecule has 1 aromatic carbocycles. The number of aromatic nitrogens is 2. The molecule has 0 aliphatic heterocycles. The Hall–Kier alpha value is -2.77. The minimum atomic E-state index is -0.408. The summed E-state index contributed by atoms with van der Waals surface area (Å²) in [6.45, 7) is 1.29. The van der Waals surface area contributed by atoms with E-state index in [1.54, 1.807) is 24.4 Å². The van der Waals surface area contributed by atoms with Crippen LogP contribution in [0.2, 0.25) is 0 Å². The van der Waals surface area contributed by atoms with Crippen LogP contribution in [-0.2, 0) is 13.1 Å². The van der Waals surface area contributed by atoms with E-state index in [0.717, 1.165) is 5.56 Å². The molecule has 2 heterocycles. The van der Waals surface area contributed by atoms with Gasteiger partial charge >= 0.3 is 5.82 Å². The van der Waals surface area contributed by atoms with Gasteiger partial charge in [-0.1, -0.05) is 36.4 Å². The van der Waals surface area contributed by atoms with E-state index in [-0.39, 0.29) is 12.4 Å². The second-order valence-electron chi connectivity index (χ2n) is 5.49. The smallest absolute Gasteiger partial charge is 0.352 e. The minimum Gasteiger partial charge on any atom is -0.395 e. The van der Waals surface area contributed by atoms with Crippen LogP contribution in [0.4, 0.5) is 5.82 Å². The first kappa shape index (κ1) is 16.1. The zero-order valence-electron chi connectivity index (χ0n) is 13.1. The van der Waals surface area contributed by atoms with E-state index in [0.29, 0.717) is 31.0 Å². The van der Waals surface area contributed by atoms with E-state index in [1.807, 2.05) is 35.2 Å². The van der Waals surface area contributed by atoms with Crippen molar-refractivity contribution >= 4 is 11.5 Å². The number of hydrogen-bond acceptors (Lipinski definition) is 5. The highest BCUT2D eigenvalue weighted by Gasteiger charge is 2.23. The Morgan fingerprint density at radius 3 is 2.58 bits per heavy atom. The van der Waals surface area contributed by atoms with Crippen LogP contribution in [0, 0.1) is 10.1 Å². The first-order valence-electron chi connectivity index (χ1n) is 7.66. The molecular formula is C17H18N4O3. The van der Waals surface area contributed by atoms with Gasteiger partial charge in [0.15, 0.2) is 5.69 Å². The summed E-state index contributed by atoms with van der Waals surface area (Å²) in [4.78, 5) is 17.4. The molecule has 0 fully saturated rings. The number of nitrogens with zero attached hydrogens (tertiary/aromatic N) is 4. The average Bonchev–Trinajstić information content (AvgIpc) is 2.94. The largest absolute Gasteiger partial charge is 0.395 e. The van der Waals surface area contributed by atoms with Crippen molar-refractivity contribution in [2.45, 2.75) is 13.1 Å². The quantitative estimate of drug-likeness (QED) is 0.532. The molecule has 0 amide bonds. The highest BCUT2D eigenvalue weighted by molar-refractivity contribution is 5.48. The molecular weight excluding hydrogens is 308 g/mol. The molecule has 0 bridgehead atoms. The van der Waals surface area contributed by atoms with E-state index >= 15 is 0 Å². The maximum atomic E-state index is 11.5. The molecule has 7 heteroatoms. The SMILES string of the molecule is O=[N+]([O-])c1c(CN(CCO)Cc2ccccc2)nc2ccccn12. The Kier molecular flexibility index (Phi) is 4.83. The molecule has 1 N–H and O–H groups in total. The number of imidazole rings is 1. The topological polar surface area (TPSA) is 83.9 Å². The molecule has 2 aromatic heterocycles. The van der Waals surface area contributed by atoms with Gasteiger partial charge in [-0.05, 0) is 16.6 Å². The average molecular weight is 326 g/mol. The summed E-state index contributed by atoms with van der Waals surface area (Å²) in [7, 11) is 0. The Bertz CT molecular complexity index is 832. The van der Waals surface area contributed by atoms with Gasteiger partial charge in [0.25, 0.3) is 0 Å². The third-order valence-electron chi connectivity index (χ3n) is 3.79. The van der Waals surface area contributed by atoms with Gasteiger partial charge < -0.3 is 15.2 Å². The maximum absolute atomic E-state index is 11.5. The van der Waals surface area contributed by atoms with E-state index in [2.05, 4.69) is 4.98 Å². The molecule has 0 aliphatic carbocycles. The highest BCUT2D eigenvalue weighted by atomic mass is 16.6. The van der Waals surface area contributed by atoms with Gasteiger partial charge in [0.05, 0.1) is 12.8 Å². The number of fused-ring (bicyclic) bond motifs is 1. The van der Waals surface area contributed by atoms with Gasteiger partial charge in [0, 0.05) is 25.7 Å². The number of aliphatic hydroxyl groups is 1. The van der Waals surface area contributed by atoms with Crippen molar-refractivity contribution in [2.24, 2.45) is 0 Å². The molecule has 0 spiro atoms. The number of pyridine rings is 1. The number of benzene rings is 1. The van der Waals surface area contributed by atoms with Crippen molar-refractivity contribution in [3.05, 3.63) is 76.1 Å². The molecule has 3 rings (SSSR count). The fraction of sp³-hybridized carbons (Fsp3) is 0.235. The summed E-state index contributed by atoms with van der Waals surface area (Å²) in [5, 5.41) is 20.8. The standard InChI is InChI=1S/C17H18N4O3/c22-11-10-19(12-14-6-2-1-3-7-14)13-15-17(21(23)24)20-9-5-4-8-16(20)18-15/h1-9,22H,10-13H2. The van der Waals surface area contributed by atoms with Crippen LogP contribution >= 0.6 is 0 Å². The first-order chi connectivity index (χ1) is 11.7. The third-order valence-corrected chi connectivity index (χ3v) is 3.79. The summed E-state index contributed by atoms with van der Waals surface area (Å²) in [5.41, 5.74) is 2.02. The molecule has 0 atom stereocenters. The zero-order chi connectivity index (χ0) is 16.9. The van der Waals surface area contributed by atoms with Crippen molar-refractivity contribution in [3.8, 4) is 0 Å². The minimum absolute atomic E-state index is 0.0198. The summed E-state index contributed by atoms with van der Waals surface area (Å²) in [6, 6.07) is 15.1. The first-order valence-corrected chi connectivity index (χ1v) is 7.66. The number of nitro groups is 1. The Morgan fingerprint density at radius 1 is 1.12 bits per heavy atom. The predicted octanol–water partition coefficient (Wildman–Crippen LogP) is 2.24.